The average Bonchev–Trinajstić information content (AvgIpc) is 2.53. The van der Waals surface area contributed by atoms with Crippen molar-refractivity contribution in [3.8, 4) is 0 Å². The van der Waals surface area contributed by atoms with Crippen molar-refractivity contribution in [2.75, 3.05) is 18.0 Å². The van der Waals surface area contributed by atoms with E-state index in [1.54, 1.807) is 23.1 Å². The highest BCUT2D eigenvalue weighted by molar-refractivity contribution is 5.90. The third-order valence-electron chi connectivity index (χ3n) is 3.96. The topological polar surface area (TPSA) is 72.1 Å². The summed E-state index contributed by atoms with van der Waals surface area (Å²) in [6, 6.07) is 6.55. The molecule has 1 saturated heterocycles. The first-order valence-corrected chi connectivity index (χ1v) is 7.24. The molecule has 1 unspecified atom stereocenters. The van der Waals surface area contributed by atoms with Gasteiger partial charge in [0.25, 0.3) is 0 Å². The SMILES string of the molecule is NC(=O)C1CCCN(c2nc(C(F)(F)F)nc3ccccc23)C1. The third kappa shape index (κ3) is 3.06. The molecule has 1 fully saturated rings. The zero-order valence-electron chi connectivity index (χ0n) is 12.2. The van der Waals surface area contributed by atoms with E-state index in [0.717, 1.165) is 0 Å². The van der Waals surface area contributed by atoms with Gasteiger partial charge in [-0.2, -0.15) is 13.2 Å². The van der Waals surface area contributed by atoms with Crippen LogP contribution in [-0.4, -0.2) is 29.0 Å². The van der Waals surface area contributed by atoms with Crippen LogP contribution < -0.4 is 10.6 Å². The van der Waals surface area contributed by atoms with Gasteiger partial charge in [-0.3, -0.25) is 4.79 Å². The van der Waals surface area contributed by atoms with E-state index in [4.69, 9.17) is 5.73 Å². The lowest BCUT2D eigenvalue weighted by Gasteiger charge is -2.33. The van der Waals surface area contributed by atoms with Gasteiger partial charge in [-0.15, -0.1) is 0 Å². The van der Waals surface area contributed by atoms with Crippen LogP contribution in [0.3, 0.4) is 0 Å². The lowest BCUT2D eigenvalue weighted by molar-refractivity contribution is -0.144. The van der Waals surface area contributed by atoms with Crippen molar-refractivity contribution in [1.82, 2.24) is 9.97 Å². The molecule has 2 heterocycles. The Kier molecular flexibility index (Phi) is 3.83. The minimum absolute atomic E-state index is 0.203. The van der Waals surface area contributed by atoms with E-state index in [-0.39, 0.29) is 23.8 Å². The first-order valence-electron chi connectivity index (χ1n) is 7.24. The van der Waals surface area contributed by atoms with Gasteiger partial charge in [-0.05, 0) is 25.0 Å². The number of alkyl halides is 3. The molecule has 0 saturated carbocycles. The van der Waals surface area contributed by atoms with Crippen LogP contribution in [0.2, 0.25) is 0 Å². The van der Waals surface area contributed by atoms with Crippen molar-refractivity contribution in [2.24, 2.45) is 11.7 Å². The van der Waals surface area contributed by atoms with E-state index in [9.17, 15) is 18.0 Å². The van der Waals surface area contributed by atoms with Crippen molar-refractivity contribution in [3.05, 3.63) is 30.1 Å². The predicted octanol–water partition coefficient (Wildman–Crippen LogP) is 2.35. The van der Waals surface area contributed by atoms with Gasteiger partial charge in [0, 0.05) is 18.5 Å². The zero-order valence-corrected chi connectivity index (χ0v) is 12.2. The second-order valence-corrected chi connectivity index (χ2v) is 5.57. The number of carbonyl (C=O) groups excluding carboxylic acids is 1. The van der Waals surface area contributed by atoms with Crippen molar-refractivity contribution >= 4 is 22.6 Å². The minimum atomic E-state index is -4.63. The van der Waals surface area contributed by atoms with E-state index < -0.39 is 17.9 Å². The maximum Gasteiger partial charge on any atom is 0.451 e. The van der Waals surface area contributed by atoms with Crippen molar-refractivity contribution in [1.29, 1.82) is 0 Å². The standard InChI is InChI=1S/C15H15F3N4O/c16-15(17,18)14-20-11-6-2-1-5-10(11)13(21-14)22-7-3-4-9(8-22)12(19)23/h1-2,5-6,9H,3-4,7-8H2,(H2,19,23). The summed E-state index contributed by atoms with van der Waals surface area (Å²) in [6.07, 6.45) is -3.31. The van der Waals surface area contributed by atoms with Crippen molar-refractivity contribution in [2.45, 2.75) is 19.0 Å². The van der Waals surface area contributed by atoms with Crippen LogP contribution in [0.25, 0.3) is 10.9 Å². The fourth-order valence-electron chi connectivity index (χ4n) is 2.83. The predicted molar refractivity (Wildman–Crippen MR) is 78.7 cm³/mol. The van der Waals surface area contributed by atoms with Gasteiger partial charge < -0.3 is 10.6 Å². The summed E-state index contributed by atoms with van der Waals surface area (Å²) >= 11 is 0. The Hall–Kier alpha value is -2.38. The fraction of sp³-hybridized carbons (Fsp3) is 0.400. The Labute approximate surface area is 130 Å². The summed E-state index contributed by atoms with van der Waals surface area (Å²) < 4.78 is 39.2. The summed E-state index contributed by atoms with van der Waals surface area (Å²) in [6.45, 7) is 0.801. The molecule has 0 spiro atoms. The van der Waals surface area contributed by atoms with Crippen LogP contribution in [0, 0.1) is 5.92 Å². The number of halogens is 3. The number of fused-ring (bicyclic) bond motifs is 1. The fourth-order valence-corrected chi connectivity index (χ4v) is 2.83. The molecule has 122 valence electrons. The summed E-state index contributed by atoms with van der Waals surface area (Å²) in [5, 5.41) is 0.533. The van der Waals surface area contributed by atoms with Crippen LogP contribution in [-0.2, 0) is 11.0 Å². The van der Waals surface area contributed by atoms with E-state index >= 15 is 0 Å². The summed E-state index contributed by atoms with van der Waals surface area (Å²) in [5.74, 6) is -1.79. The lowest BCUT2D eigenvalue weighted by Crippen LogP contribution is -2.41. The number of para-hydroxylation sites is 1. The van der Waals surface area contributed by atoms with Gasteiger partial charge in [-0.25, -0.2) is 9.97 Å². The first-order chi connectivity index (χ1) is 10.9. The normalized spacial score (nSPS) is 19.1. The van der Waals surface area contributed by atoms with Crippen molar-refractivity contribution < 1.29 is 18.0 Å². The molecule has 8 heteroatoms. The molecular weight excluding hydrogens is 309 g/mol. The van der Waals surface area contributed by atoms with Crippen LogP contribution in [0.1, 0.15) is 18.7 Å². The minimum Gasteiger partial charge on any atom is -0.369 e. The van der Waals surface area contributed by atoms with Crippen molar-refractivity contribution in [3.63, 3.8) is 0 Å². The summed E-state index contributed by atoms with van der Waals surface area (Å²) in [4.78, 5) is 20.4. The molecule has 1 amide bonds. The Morgan fingerprint density at radius 1 is 1.26 bits per heavy atom. The molecule has 1 aromatic carbocycles. The highest BCUT2D eigenvalue weighted by Crippen LogP contribution is 2.33. The summed E-state index contributed by atoms with van der Waals surface area (Å²) in [7, 11) is 0. The number of hydrogen-bond acceptors (Lipinski definition) is 4. The van der Waals surface area contributed by atoms with Gasteiger partial charge in [0.2, 0.25) is 11.7 Å². The number of piperidine rings is 1. The number of aromatic nitrogens is 2. The molecule has 3 rings (SSSR count). The number of anilines is 1. The number of hydrogen-bond donors (Lipinski definition) is 1. The highest BCUT2D eigenvalue weighted by Gasteiger charge is 2.36. The Morgan fingerprint density at radius 2 is 2.00 bits per heavy atom. The molecule has 2 N–H and O–H groups in total. The first kappa shape index (κ1) is 15.5. The quantitative estimate of drug-likeness (QED) is 0.920. The van der Waals surface area contributed by atoms with Gasteiger partial charge in [0.1, 0.15) is 5.82 Å². The third-order valence-corrected chi connectivity index (χ3v) is 3.96. The highest BCUT2D eigenvalue weighted by atomic mass is 19.4. The van der Waals surface area contributed by atoms with E-state index in [1.807, 2.05) is 0 Å². The molecule has 1 aliphatic heterocycles. The molecule has 1 aliphatic rings. The average molecular weight is 324 g/mol. The largest absolute Gasteiger partial charge is 0.451 e. The monoisotopic (exact) mass is 324 g/mol. The van der Waals surface area contributed by atoms with Gasteiger partial charge in [0.15, 0.2) is 0 Å². The number of nitrogens with two attached hydrogens (primary N) is 1. The Balaban J connectivity index is 2.10. The molecule has 0 radical (unpaired) electrons. The molecule has 1 atom stereocenters. The van der Waals surface area contributed by atoms with E-state index in [1.165, 1.54) is 6.07 Å². The van der Waals surface area contributed by atoms with Crippen LogP contribution >= 0.6 is 0 Å². The zero-order chi connectivity index (χ0) is 16.6. The Bertz CT molecular complexity index is 747. The number of rotatable bonds is 2. The van der Waals surface area contributed by atoms with Crippen LogP contribution in [0.5, 0.6) is 0 Å². The van der Waals surface area contributed by atoms with Crippen LogP contribution in [0.4, 0.5) is 19.0 Å². The second kappa shape index (κ2) is 5.68. The van der Waals surface area contributed by atoms with Crippen LogP contribution in [0.15, 0.2) is 24.3 Å². The number of benzene rings is 1. The smallest absolute Gasteiger partial charge is 0.369 e. The Morgan fingerprint density at radius 3 is 2.70 bits per heavy atom. The molecule has 5 nitrogen and oxygen atoms in total. The molecule has 0 bridgehead atoms. The van der Waals surface area contributed by atoms with E-state index in [2.05, 4.69) is 9.97 Å². The molecule has 0 aliphatic carbocycles. The van der Waals surface area contributed by atoms with Gasteiger partial charge in [0.05, 0.1) is 11.4 Å². The molecule has 23 heavy (non-hydrogen) atoms. The lowest BCUT2D eigenvalue weighted by atomic mass is 9.97. The number of carbonyl (C=O) groups is 1. The van der Waals surface area contributed by atoms with Gasteiger partial charge >= 0.3 is 6.18 Å². The number of primary amides is 1. The number of amides is 1. The van der Waals surface area contributed by atoms with E-state index in [0.29, 0.717) is 24.8 Å². The number of nitrogens with zero attached hydrogens (tertiary/aromatic N) is 3. The second-order valence-electron chi connectivity index (χ2n) is 5.57. The molecule has 1 aromatic heterocycles. The van der Waals surface area contributed by atoms with Gasteiger partial charge in [-0.1, -0.05) is 12.1 Å². The summed E-state index contributed by atoms with van der Waals surface area (Å²) in [5.41, 5.74) is 5.57. The maximum atomic E-state index is 13.1. The molecule has 2 aromatic rings. The molecular formula is C15H15F3N4O. The maximum absolute atomic E-state index is 13.1.